The van der Waals surface area contributed by atoms with Gasteiger partial charge in [-0.1, -0.05) is 26.8 Å². The standard InChI is InChI=1S/C13H24N2S/c1-4-14-12(13-8-7-11-16-13)9-10-15(5-2)6-3/h7-8,11-12,14H,4-6,9-10H2,1-3H3. The van der Waals surface area contributed by atoms with Gasteiger partial charge in [0.05, 0.1) is 0 Å². The summed E-state index contributed by atoms with van der Waals surface area (Å²) in [5, 5.41) is 5.74. The van der Waals surface area contributed by atoms with Crippen LogP contribution in [0.5, 0.6) is 0 Å². The Kier molecular flexibility index (Phi) is 6.69. The van der Waals surface area contributed by atoms with Crippen LogP contribution in [0.1, 0.15) is 38.1 Å². The molecule has 0 amide bonds. The zero-order valence-corrected chi connectivity index (χ0v) is 11.5. The Morgan fingerprint density at radius 1 is 1.31 bits per heavy atom. The average Bonchev–Trinajstić information content (AvgIpc) is 2.82. The van der Waals surface area contributed by atoms with Crippen molar-refractivity contribution in [3.05, 3.63) is 22.4 Å². The van der Waals surface area contributed by atoms with E-state index in [4.69, 9.17) is 0 Å². The van der Waals surface area contributed by atoms with Crippen LogP contribution in [0.2, 0.25) is 0 Å². The highest BCUT2D eigenvalue weighted by atomic mass is 32.1. The van der Waals surface area contributed by atoms with E-state index in [1.54, 1.807) is 0 Å². The second kappa shape index (κ2) is 7.82. The molecule has 16 heavy (non-hydrogen) atoms. The van der Waals surface area contributed by atoms with Crippen LogP contribution >= 0.6 is 11.3 Å². The van der Waals surface area contributed by atoms with Crippen molar-refractivity contribution in [3.8, 4) is 0 Å². The molecule has 1 aromatic rings. The van der Waals surface area contributed by atoms with E-state index in [-0.39, 0.29) is 0 Å². The molecule has 0 aromatic carbocycles. The molecule has 1 atom stereocenters. The van der Waals surface area contributed by atoms with Gasteiger partial charge in [-0.2, -0.15) is 0 Å². The van der Waals surface area contributed by atoms with E-state index in [1.807, 2.05) is 11.3 Å². The summed E-state index contributed by atoms with van der Waals surface area (Å²) >= 11 is 1.86. The Bertz CT molecular complexity index is 255. The van der Waals surface area contributed by atoms with Crippen LogP contribution in [-0.2, 0) is 0 Å². The first-order valence-corrected chi connectivity index (χ1v) is 7.18. The summed E-state index contributed by atoms with van der Waals surface area (Å²) in [5.74, 6) is 0. The number of hydrogen-bond donors (Lipinski definition) is 1. The van der Waals surface area contributed by atoms with Crippen LogP contribution in [0.15, 0.2) is 17.5 Å². The second-order valence-corrected chi connectivity index (χ2v) is 4.92. The minimum Gasteiger partial charge on any atom is -0.309 e. The fourth-order valence-corrected chi connectivity index (χ4v) is 2.77. The summed E-state index contributed by atoms with van der Waals surface area (Å²) in [4.78, 5) is 3.95. The highest BCUT2D eigenvalue weighted by molar-refractivity contribution is 7.10. The van der Waals surface area contributed by atoms with Crippen LogP contribution in [-0.4, -0.2) is 31.1 Å². The first-order chi connectivity index (χ1) is 7.81. The van der Waals surface area contributed by atoms with Crippen molar-refractivity contribution in [2.75, 3.05) is 26.2 Å². The smallest absolute Gasteiger partial charge is 0.0426 e. The number of nitrogens with zero attached hydrogens (tertiary/aromatic N) is 1. The van der Waals surface area contributed by atoms with E-state index in [1.165, 1.54) is 17.8 Å². The van der Waals surface area contributed by atoms with E-state index >= 15 is 0 Å². The lowest BCUT2D eigenvalue weighted by Crippen LogP contribution is -2.29. The van der Waals surface area contributed by atoms with Gasteiger partial charge < -0.3 is 10.2 Å². The van der Waals surface area contributed by atoms with Crippen LogP contribution in [0.4, 0.5) is 0 Å². The lowest BCUT2D eigenvalue weighted by Gasteiger charge is -2.22. The maximum atomic E-state index is 3.57. The van der Waals surface area contributed by atoms with Gasteiger partial charge in [0.2, 0.25) is 0 Å². The summed E-state index contributed by atoms with van der Waals surface area (Å²) in [6, 6.07) is 4.91. The Labute approximate surface area is 104 Å². The Morgan fingerprint density at radius 2 is 2.06 bits per heavy atom. The maximum Gasteiger partial charge on any atom is 0.0426 e. The van der Waals surface area contributed by atoms with Gasteiger partial charge in [-0.3, -0.25) is 0 Å². The molecule has 92 valence electrons. The monoisotopic (exact) mass is 240 g/mol. The average molecular weight is 240 g/mol. The van der Waals surface area contributed by atoms with Crippen molar-refractivity contribution >= 4 is 11.3 Å². The minimum atomic E-state index is 0.533. The Morgan fingerprint density at radius 3 is 2.56 bits per heavy atom. The first kappa shape index (κ1) is 13.7. The molecule has 0 saturated heterocycles. The summed E-state index contributed by atoms with van der Waals surface area (Å²) in [7, 11) is 0. The summed E-state index contributed by atoms with van der Waals surface area (Å²) < 4.78 is 0. The summed E-state index contributed by atoms with van der Waals surface area (Å²) in [6.45, 7) is 11.2. The summed E-state index contributed by atoms with van der Waals surface area (Å²) in [5.41, 5.74) is 0. The van der Waals surface area contributed by atoms with Gasteiger partial charge in [-0.05, 0) is 44.0 Å². The van der Waals surface area contributed by atoms with Crippen molar-refractivity contribution in [2.24, 2.45) is 0 Å². The van der Waals surface area contributed by atoms with Gasteiger partial charge in [0.15, 0.2) is 0 Å². The Balaban J connectivity index is 2.45. The van der Waals surface area contributed by atoms with Crippen LogP contribution in [0, 0.1) is 0 Å². The highest BCUT2D eigenvalue weighted by Gasteiger charge is 2.12. The lowest BCUT2D eigenvalue weighted by atomic mass is 10.1. The quantitative estimate of drug-likeness (QED) is 0.751. The minimum absolute atomic E-state index is 0.533. The predicted octanol–water partition coefficient (Wildman–Crippen LogP) is 3.13. The van der Waals surface area contributed by atoms with Gasteiger partial charge in [0.1, 0.15) is 0 Å². The van der Waals surface area contributed by atoms with E-state index < -0.39 is 0 Å². The van der Waals surface area contributed by atoms with Gasteiger partial charge in [-0.25, -0.2) is 0 Å². The third-order valence-electron chi connectivity index (χ3n) is 2.97. The van der Waals surface area contributed by atoms with Crippen molar-refractivity contribution in [1.29, 1.82) is 0 Å². The molecule has 1 N–H and O–H groups in total. The predicted molar refractivity (Wildman–Crippen MR) is 73.1 cm³/mol. The van der Waals surface area contributed by atoms with Gasteiger partial charge in [-0.15, -0.1) is 11.3 Å². The number of nitrogens with one attached hydrogen (secondary N) is 1. The Hall–Kier alpha value is -0.380. The van der Waals surface area contributed by atoms with Crippen molar-refractivity contribution in [2.45, 2.75) is 33.2 Å². The second-order valence-electron chi connectivity index (χ2n) is 3.94. The summed E-state index contributed by atoms with van der Waals surface area (Å²) in [6.07, 6.45) is 1.20. The van der Waals surface area contributed by atoms with Crippen LogP contribution < -0.4 is 5.32 Å². The number of thiophene rings is 1. The lowest BCUT2D eigenvalue weighted by molar-refractivity contribution is 0.283. The molecule has 0 saturated carbocycles. The molecule has 0 aliphatic heterocycles. The largest absolute Gasteiger partial charge is 0.309 e. The normalized spacial score (nSPS) is 13.2. The fraction of sp³-hybridized carbons (Fsp3) is 0.692. The molecule has 1 unspecified atom stereocenters. The fourth-order valence-electron chi connectivity index (χ4n) is 1.93. The number of rotatable bonds is 8. The van der Waals surface area contributed by atoms with Crippen molar-refractivity contribution < 1.29 is 0 Å². The molecule has 0 bridgehead atoms. The van der Waals surface area contributed by atoms with Crippen molar-refractivity contribution in [3.63, 3.8) is 0 Å². The van der Waals surface area contributed by atoms with Crippen molar-refractivity contribution in [1.82, 2.24) is 10.2 Å². The van der Waals surface area contributed by atoms with Gasteiger partial charge in [0, 0.05) is 10.9 Å². The molecule has 0 fully saturated rings. The third-order valence-corrected chi connectivity index (χ3v) is 3.95. The molecule has 0 spiro atoms. The van der Waals surface area contributed by atoms with Gasteiger partial charge >= 0.3 is 0 Å². The third kappa shape index (κ3) is 4.24. The van der Waals surface area contributed by atoms with Crippen LogP contribution in [0.25, 0.3) is 0 Å². The molecule has 1 rings (SSSR count). The molecule has 0 aliphatic rings. The first-order valence-electron chi connectivity index (χ1n) is 6.30. The SMILES string of the molecule is CCNC(CCN(CC)CC)c1cccs1. The van der Waals surface area contributed by atoms with Gasteiger partial charge in [0.25, 0.3) is 0 Å². The van der Waals surface area contributed by atoms with E-state index in [0.29, 0.717) is 6.04 Å². The molecule has 3 heteroatoms. The topological polar surface area (TPSA) is 15.3 Å². The molecular weight excluding hydrogens is 216 g/mol. The molecule has 2 nitrogen and oxygen atoms in total. The molecule has 1 aromatic heterocycles. The van der Waals surface area contributed by atoms with Crippen LogP contribution in [0.3, 0.4) is 0 Å². The zero-order chi connectivity index (χ0) is 11.8. The highest BCUT2D eigenvalue weighted by Crippen LogP contribution is 2.22. The molecule has 1 heterocycles. The molecular formula is C13H24N2S. The van der Waals surface area contributed by atoms with E-state index in [0.717, 1.165) is 19.6 Å². The van der Waals surface area contributed by atoms with E-state index in [2.05, 4.69) is 48.5 Å². The molecule has 0 aliphatic carbocycles. The molecule has 0 radical (unpaired) electrons. The van der Waals surface area contributed by atoms with E-state index in [9.17, 15) is 0 Å². The maximum absolute atomic E-state index is 3.57. The number of hydrogen-bond acceptors (Lipinski definition) is 3. The zero-order valence-electron chi connectivity index (χ0n) is 10.7.